The second-order valence-corrected chi connectivity index (χ2v) is 4.79. The first-order valence-corrected chi connectivity index (χ1v) is 6.99. The van der Waals surface area contributed by atoms with E-state index in [-0.39, 0.29) is 12.0 Å². The van der Waals surface area contributed by atoms with Crippen molar-refractivity contribution in [3.05, 3.63) is 47.5 Å². The van der Waals surface area contributed by atoms with Crippen LogP contribution in [0.1, 0.15) is 22.3 Å². The highest BCUT2D eigenvalue weighted by Crippen LogP contribution is 2.29. The fraction of sp³-hybridized carbons (Fsp3) is 0.312. The molecule has 0 aromatic heterocycles. The van der Waals surface area contributed by atoms with Crippen molar-refractivity contribution in [2.24, 2.45) is 0 Å². The van der Waals surface area contributed by atoms with E-state index in [9.17, 15) is 27.6 Å². The predicted molar refractivity (Wildman–Crippen MR) is 80.5 cm³/mol. The lowest BCUT2D eigenvalue weighted by molar-refractivity contribution is -0.143. The van der Waals surface area contributed by atoms with Gasteiger partial charge in [0.15, 0.2) is 0 Å². The van der Waals surface area contributed by atoms with Gasteiger partial charge in [-0.3, -0.25) is 4.79 Å². The molecule has 0 fully saturated rings. The molecule has 0 aliphatic carbocycles. The standard InChI is InChI=1S/C16H16F3NO5/c1-24-13(21)5-3-4-12(15(23)25-2)20-14(22)10-6-8-11(9-7-10)16(17,18)19/h3,5-9,12H,4H2,1-2H3,(H,20,22)/b5-3+/t12-/m0/s1. The summed E-state index contributed by atoms with van der Waals surface area (Å²) in [4.78, 5) is 34.7. The number of hydrogen-bond acceptors (Lipinski definition) is 5. The fourth-order valence-corrected chi connectivity index (χ4v) is 1.78. The molecule has 0 heterocycles. The largest absolute Gasteiger partial charge is 0.467 e. The van der Waals surface area contributed by atoms with Crippen molar-refractivity contribution in [3.63, 3.8) is 0 Å². The molecular weight excluding hydrogens is 343 g/mol. The fourth-order valence-electron chi connectivity index (χ4n) is 1.78. The summed E-state index contributed by atoms with van der Waals surface area (Å²) in [6.07, 6.45) is -2.20. The van der Waals surface area contributed by atoms with Crippen LogP contribution in [0.15, 0.2) is 36.4 Å². The van der Waals surface area contributed by atoms with Gasteiger partial charge < -0.3 is 14.8 Å². The Balaban J connectivity index is 2.82. The van der Waals surface area contributed by atoms with Crippen LogP contribution in [0, 0.1) is 0 Å². The zero-order valence-electron chi connectivity index (χ0n) is 13.4. The molecule has 0 saturated carbocycles. The molecule has 1 aromatic carbocycles. The summed E-state index contributed by atoms with van der Waals surface area (Å²) in [5, 5.41) is 2.34. The first-order chi connectivity index (χ1) is 11.7. The van der Waals surface area contributed by atoms with Gasteiger partial charge in [-0.2, -0.15) is 13.2 Å². The normalized spacial score (nSPS) is 12.5. The van der Waals surface area contributed by atoms with Crippen LogP contribution < -0.4 is 5.32 Å². The van der Waals surface area contributed by atoms with Crippen LogP contribution in [0.5, 0.6) is 0 Å². The van der Waals surface area contributed by atoms with Crippen LogP contribution in [-0.4, -0.2) is 38.1 Å². The summed E-state index contributed by atoms with van der Waals surface area (Å²) in [7, 11) is 2.29. The number of amides is 1. The highest BCUT2D eigenvalue weighted by molar-refractivity contribution is 5.96. The minimum Gasteiger partial charge on any atom is -0.467 e. The number of benzene rings is 1. The van der Waals surface area contributed by atoms with Gasteiger partial charge >= 0.3 is 18.1 Å². The summed E-state index contributed by atoms with van der Waals surface area (Å²) in [5.41, 5.74) is -0.951. The Hall–Kier alpha value is -2.84. The van der Waals surface area contributed by atoms with Gasteiger partial charge in [-0.15, -0.1) is 0 Å². The number of methoxy groups -OCH3 is 2. The molecule has 1 N–H and O–H groups in total. The van der Waals surface area contributed by atoms with Crippen LogP contribution in [0.4, 0.5) is 13.2 Å². The minimum atomic E-state index is -4.51. The Bertz CT molecular complexity index is 653. The second-order valence-electron chi connectivity index (χ2n) is 4.79. The van der Waals surface area contributed by atoms with Crippen molar-refractivity contribution in [1.82, 2.24) is 5.32 Å². The molecule has 0 radical (unpaired) electrons. The number of halogens is 3. The maximum atomic E-state index is 12.5. The number of rotatable bonds is 6. The van der Waals surface area contributed by atoms with Gasteiger partial charge in [-0.1, -0.05) is 6.08 Å². The SMILES string of the molecule is COC(=O)/C=C/C[C@H](NC(=O)c1ccc(C(F)(F)F)cc1)C(=O)OC. The van der Waals surface area contributed by atoms with Crippen LogP contribution in [0.2, 0.25) is 0 Å². The smallest absolute Gasteiger partial charge is 0.416 e. The van der Waals surface area contributed by atoms with Crippen molar-refractivity contribution in [3.8, 4) is 0 Å². The van der Waals surface area contributed by atoms with Crippen molar-refractivity contribution in [1.29, 1.82) is 0 Å². The molecule has 0 unspecified atom stereocenters. The predicted octanol–water partition coefficient (Wildman–Crippen LogP) is 2.10. The molecule has 1 aromatic rings. The van der Waals surface area contributed by atoms with Gasteiger partial charge in [0, 0.05) is 11.6 Å². The van der Waals surface area contributed by atoms with Crippen LogP contribution >= 0.6 is 0 Å². The van der Waals surface area contributed by atoms with E-state index in [0.29, 0.717) is 0 Å². The van der Waals surface area contributed by atoms with E-state index in [1.54, 1.807) is 0 Å². The molecular formula is C16H16F3NO5. The number of hydrogen-bond donors (Lipinski definition) is 1. The number of ether oxygens (including phenoxy) is 2. The van der Waals surface area contributed by atoms with E-state index in [1.165, 1.54) is 13.2 Å². The second kappa shape index (κ2) is 8.86. The van der Waals surface area contributed by atoms with Gasteiger partial charge in [-0.05, 0) is 30.7 Å². The van der Waals surface area contributed by atoms with Gasteiger partial charge in [0.2, 0.25) is 0 Å². The lowest BCUT2D eigenvalue weighted by Gasteiger charge is -2.15. The monoisotopic (exact) mass is 359 g/mol. The Morgan fingerprint density at radius 2 is 1.72 bits per heavy atom. The van der Waals surface area contributed by atoms with Crippen LogP contribution in [0.3, 0.4) is 0 Å². The van der Waals surface area contributed by atoms with Gasteiger partial charge in [0.25, 0.3) is 5.91 Å². The molecule has 6 nitrogen and oxygen atoms in total. The van der Waals surface area contributed by atoms with E-state index >= 15 is 0 Å². The molecule has 1 amide bonds. The van der Waals surface area contributed by atoms with Crippen molar-refractivity contribution in [2.75, 3.05) is 14.2 Å². The first-order valence-electron chi connectivity index (χ1n) is 6.99. The Morgan fingerprint density at radius 3 is 2.20 bits per heavy atom. The van der Waals surface area contributed by atoms with Crippen molar-refractivity contribution < 1.29 is 37.0 Å². The first kappa shape index (κ1) is 20.2. The average Bonchev–Trinajstić information content (AvgIpc) is 2.59. The van der Waals surface area contributed by atoms with E-state index in [0.717, 1.165) is 37.5 Å². The van der Waals surface area contributed by atoms with Crippen LogP contribution in [-0.2, 0) is 25.2 Å². The van der Waals surface area contributed by atoms with Gasteiger partial charge in [0.05, 0.1) is 19.8 Å². The number of carbonyl (C=O) groups is 3. The number of nitrogens with one attached hydrogen (secondary N) is 1. The quantitative estimate of drug-likeness (QED) is 0.621. The highest BCUT2D eigenvalue weighted by atomic mass is 19.4. The average molecular weight is 359 g/mol. The molecule has 0 aliphatic rings. The van der Waals surface area contributed by atoms with Crippen LogP contribution in [0.25, 0.3) is 0 Å². The Morgan fingerprint density at radius 1 is 1.12 bits per heavy atom. The zero-order valence-corrected chi connectivity index (χ0v) is 13.4. The molecule has 1 rings (SSSR count). The molecule has 0 saturated heterocycles. The molecule has 0 aliphatic heterocycles. The van der Waals surface area contributed by atoms with Crippen molar-refractivity contribution in [2.45, 2.75) is 18.6 Å². The summed E-state index contributed by atoms with van der Waals surface area (Å²) < 4.78 is 46.5. The third-order valence-corrected chi connectivity index (χ3v) is 3.09. The summed E-state index contributed by atoms with van der Waals surface area (Å²) in [6, 6.07) is 2.41. The maximum absolute atomic E-state index is 12.5. The van der Waals surface area contributed by atoms with E-state index < -0.39 is 35.6 Å². The number of alkyl halides is 3. The summed E-state index contributed by atoms with van der Waals surface area (Å²) >= 11 is 0. The maximum Gasteiger partial charge on any atom is 0.416 e. The van der Waals surface area contributed by atoms with Gasteiger partial charge in [-0.25, -0.2) is 9.59 Å². The topological polar surface area (TPSA) is 81.7 Å². The molecule has 0 bridgehead atoms. The molecule has 25 heavy (non-hydrogen) atoms. The Kier molecular flexibility index (Phi) is 7.16. The lowest BCUT2D eigenvalue weighted by atomic mass is 10.1. The van der Waals surface area contributed by atoms with E-state index in [4.69, 9.17) is 0 Å². The molecule has 136 valence electrons. The lowest BCUT2D eigenvalue weighted by Crippen LogP contribution is -2.41. The molecule has 0 spiro atoms. The molecule has 9 heteroatoms. The number of esters is 2. The van der Waals surface area contributed by atoms with Gasteiger partial charge in [0.1, 0.15) is 6.04 Å². The minimum absolute atomic E-state index is 0.0566. The highest BCUT2D eigenvalue weighted by Gasteiger charge is 2.30. The number of carbonyl (C=O) groups excluding carboxylic acids is 3. The Labute approximate surface area is 141 Å². The van der Waals surface area contributed by atoms with Crippen molar-refractivity contribution >= 4 is 17.8 Å². The molecule has 1 atom stereocenters. The summed E-state index contributed by atoms with van der Waals surface area (Å²) in [5.74, 6) is -2.16. The summed E-state index contributed by atoms with van der Waals surface area (Å²) in [6.45, 7) is 0. The third-order valence-electron chi connectivity index (χ3n) is 3.09. The van der Waals surface area contributed by atoms with E-state index in [1.807, 2.05) is 0 Å². The third kappa shape index (κ3) is 6.28. The van der Waals surface area contributed by atoms with E-state index in [2.05, 4.69) is 14.8 Å². The zero-order chi connectivity index (χ0) is 19.0.